The molecular formula is C15H20N2O2S2. The molecule has 0 bridgehead atoms. The van der Waals surface area contributed by atoms with E-state index in [-0.39, 0.29) is 22.3 Å². The molecule has 1 aliphatic carbocycles. The third-order valence-corrected chi connectivity index (χ3v) is 6.45. The van der Waals surface area contributed by atoms with Gasteiger partial charge in [0.15, 0.2) is 5.12 Å². The standard InChI is InChI=1S/C15H20N2O2S2/c1-9(15-16-12-5-3-4-6-13(12)21-15)17-8-11(7-14(17)19)20-10(2)18/h9,11H,3-8H2,1-2H3. The van der Waals surface area contributed by atoms with Crippen molar-refractivity contribution in [3.63, 3.8) is 0 Å². The number of thioether (sulfide) groups is 1. The summed E-state index contributed by atoms with van der Waals surface area (Å²) < 4.78 is 0. The lowest BCUT2D eigenvalue weighted by Gasteiger charge is -2.22. The van der Waals surface area contributed by atoms with Crippen LogP contribution >= 0.6 is 23.1 Å². The minimum atomic E-state index is 0.0330. The number of likely N-dealkylation sites (tertiary alicyclic amines) is 1. The molecule has 1 fully saturated rings. The number of carbonyl (C=O) groups is 2. The molecule has 0 saturated carbocycles. The fraction of sp³-hybridized carbons (Fsp3) is 0.667. The number of nitrogens with zero attached hydrogens (tertiary/aromatic N) is 2. The molecule has 4 nitrogen and oxygen atoms in total. The Labute approximate surface area is 133 Å². The average molecular weight is 324 g/mol. The zero-order chi connectivity index (χ0) is 15.0. The number of rotatable bonds is 3. The van der Waals surface area contributed by atoms with Crippen molar-refractivity contribution in [2.24, 2.45) is 0 Å². The van der Waals surface area contributed by atoms with Gasteiger partial charge >= 0.3 is 0 Å². The van der Waals surface area contributed by atoms with Crippen LogP contribution in [0.4, 0.5) is 0 Å². The minimum absolute atomic E-state index is 0.0330. The number of aryl methyl sites for hydroxylation is 2. The maximum Gasteiger partial charge on any atom is 0.224 e. The van der Waals surface area contributed by atoms with Crippen LogP contribution in [-0.4, -0.2) is 32.7 Å². The summed E-state index contributed by atoms with van der Waals surface area (Å²) in [7, 11) is 0. The van der Waals surface area contributed by atoms with Gasteiger partial charge in [-0.25, -0.2) is 4.98 Å². The lowest BCUT2D eigenvalue weighted by atomic mass is 10.0. The van der Waals surface area contributed by atoms with Crippen LogP contribution in [0.1, 0.15) is 54.7 Å². The first-order valence-electron chi connectivity index (χ1n) is 7.49. The molecule has 6 heteroatoms. The summed E-state index contributed by atoms with van der Waals surface area (Å²) in [6.45, 7) is 4.29. The lowest BCUT2D eigenvalue weighted by molar-refractivity contribution is -0.129. The minimum Gasteiger partial charge on any atom is -0.332 e. The summed E-state index contributed by atoms with van der Waals surface area (Å²) >= 11 is 3.06. The number of hydrogen-bond acceptors (Lipinski definition) is 5. The third kappa shape index (κ3) is 3.16. The molecule has 1 aromatic heterocycles. The van der Waals surface area contributed by atoms with Crippen LogP contribution in [0.5, 0.6) is 0 Å². The average Bonchev–Trinajstić information content (AvgIpc) is 3.00. The topological polar surface area (TPSA) is 50.3 Å². The Bertz CT molecular complexity index is 547. The van der Waals surface area contributed by atoms with E-state index in [4.69, 9.17) is 4.98 Å². The molecule has 1 amide bonds. The molecule has 114 valence electrons. The molecule has 1 aromatic rings. The molecule has 2 atom stereocenters. The van der Waals surface area contributed by atoms with Crippen LogP contribution in [0.3, 0.4) is 0 Å². The van der Waals surface area contributed by atoms with Gasteiger partial charge in [0.25, 0.3) is 0 Å². The van der Waals surface area contributed by atoms with E-state index in [9.17, 15) is 9.59 Å². The highest BCUT2D eigenvalue weighted by Gasteiger charge is 2.35. The van der Waals surface area contributed by atoms with Crippen molar-refractivity contribution in [3.8, 4) is 0 Å². The van der Waals surface area contributed by atoms with E-state index in [0.29, 0.717) is 13.0 Å². The van der Waals surface area contributed by atoms with Crippen LogP contribution in [0.25, 0.3) is 0 Å². The number of hydrogen-bond donors (Lipinski definition) is 0. The Balaban J connectivity index is 1.72. The first kappa shape index (κ1) is 15.0. The van der Waals surface area contributed by atoms with Gasteiger partial charge in [0, 0.05) is 30.0 Å². The van der Waals surface area contributed by atoms with Crippen molar-refractivity contribution in [1.29, 1.82) is 0 Å². The van der Waals surface area contributed by atoms with E-state index >= 15 is 0 Å². The summed E-state index contributed by atoms with van der Waals surface area (Å²) in [4.78, 5) is 31.5. The highest BCUT2D eigenvalue weighted by Crippen LogP contribution is 2.35. The predicted molar refractivity (Wildman–Crippen MR) is 85.6 cm³/mol. The molecule has 2 aliphatic rings. The molecule has 21 heavy (non-hydrogen) atoms. The monoisotopic (exact) mass is 324 g/mol. The fourth-order valence-electron chi connectivity index (χ4n) is 3.07. The van der Waals surface area contributed by atoms with E-state index in [1.807, 2.05) is 4.90 Å². The zero-order valence-corrected chi connectivity index (χ0v) is 14.1. The summed E-state index contributed by atoms with van der Waals surface area (Å²) in [6, 6.07) is 0.0330. The number of fused-ring (bicyclic) bond motifs is 1. The van der Waals surface area contributed by atoms with Crippen molar-refractivity contribution in [2.45, 2.75) is 57.2 Å². The Morgan fingerprint density at radius 1 is 1.43 bits per heavy atom. The third-order valence-electron chi connectivity index (χ3n) is 4.14. The molecule has 2 unspecified atom stereocenters. The normalized spacial score (nSPS) is 23.2. The highest BCUT2D eigenvalue weighted by molar-refractivity contribution is 8.14. The number of thiazole rings is 1. The summed E-state index contributed by atoms with van der Waals surface area (Å²) in [5, 5.41) is 1.25. The Hall–Kier alpha value is -0.880. The zero-order valence-electron chi connectivity index (χ0n) is 12.4. The van der Waals surface area contributed by atoms with Crippen molar-refractivity contribution in [1.82, 2.24) is 9.88 Å². The van der Waals surface area contributed by atoms with Crippen LogP contribution in [0.2, 0.25) is 0 Å². The molecule has 1 aliphatic heterocycles. The number of aromatic nitrogens is 1. The molecule has 2 heterocycles. The van der Waals surface area contributed by atoms with Crippen LogP contribution in [-0.2, 0) is 22.4 Å². The smallest absolute Gasteiger partial charge is 0.224 e. The first-order valence-corrected chi connectivity index (χ1v) is 9.19. The first-order chi connectivity index (χ1) is 10.0. The summed E-state index contributed by atoms with van der Waals surface area (Å²) in [5.41, 5.74) is 1.24. The molecule has 3 rings (SSSR count). The quantitative estimate of drug-likeness (QED) is 0.858. The Morgan fingerprint density at radius 2 is 2.19 bits per heavy atom. The maximum absolute atomic E-state index is 12.2. The largest absolute Gasteiger partial charge is 0.332 e. The van der Waals surface area contributed by atoms with E-state index < -0.39 is 0 Å². The van der Waals surface area contributed by atoms with Crippen LogP contribution in [0, 0.1) is 0 Å². The second kappa shape index (κ2) is 6.08. The van der Waals surface area contributed by atoms with Gasteiger partial charge < -0.3 is 4.90 Å². The van der Waals surface area contributed by atoms with Crippen LogP contribution in [0.15, 0.2) is 0 Å². The second-order valence-corrected chi connectivity index (χ2v) is 8.38. The van der Waals surface area contributed by atoms with Crippen molar-refractivity contribution >= 4 is 34.1 Å². The maximum atomic E-state index is 12.2. The van der Waals surface area contributed by atoms with Gasteiger partial charge in [-0.2, -0.15) is 0 Å². The van der Waals surface area contributed by atoms with Gasteiger partial charge in [-0.05, 0) is 32.6 Å². The molecule has 1 saturated heterocycles. The Morgan fingerprint density at radius 3 is 2.90 bits per heavy atom. The van der Waals surface area contributed by atoms with Crippen LogP contribution < -0.4 is 0 Å². The van der Waals surface area contributed by atoms with Gasteiger partial charge in [0.2, 0.25) is 5.91 Å². The van der Waals surface area contributed by atoms with Crippen molar-refractivity contribution in [2.75, 3.05) is 6.54 Å². The number of carbonyl (C=O) groups excluding carboxylic acids is 2. The van der Waals surface area contributed by atoms with Gasteiger partial charge in [-0.3, -0.25) is 9.59 Å². The predicted octanol–water partition coefficient (Wildman–Crippen LogP) is 2.96. The Kier molecular flexibility index (Phi) is 4.36. The molecule has 0 N–H and O–H groups in total. The molecule has 0 spiro atoms. The molecule has 0 aromatic carbocycles. The van der Waals surface area contributed by atoms with Gasteiger partial charge in [-0.1, -0.05) is 11.8 Å². The van der Waals surface area contributed by atoms with E-state index in [2.05, 4.69) is 6.92 Å². The fourth-order valence-corrected chi connectivity index (χ4v) is 5.22. The van der Waals surface area contributed by atoms with Gasteiger partial charge in [-0.15, -0.1) is 11.3 Å². The van der Waals surface area contributed by atoms with Gasteiger partial charge in [0.1, 0.15) is 5.01 Å². The summed E-state index contributed by atoms with van der Waals surface area (Å²) in [5.74, 6) is 0.148. The van der Waals surface area contributed by atoms with E-state index in [0.717, 1.165) is 17.8 Å². The highest BCUT2D eigenvalue weighted by atomic mass is 32.2. The number of amides is 1. The van der Waals surface area contributed by atoms with Crippen molar-refractivity contribution < 1.29 is 9.59 Å². The lowest BCUT2D eigenvalue weighted by Crippen LogP contribution is -2.28. The van der Waals surface area contributed by atoms with Crippen molar-refractivity contribution in [3.05, 3.63) is 15.6 Å². The molecular weight excluding hydrogens is 304 g/mol. The SMILES string of the molecule is CC(=O)SC1CC(=O)N(C(C)c2nc3c(s2)CCCC3)C1. The summed E-state index contributed by atoms with van der Waals surface area (Å²) in [6.07, 6.45) is 5.17. The molecule has 0 radical (unpaired) electrons. The van der Waals surface area contributed by atoms with E-state index in [1.165, 1.54) is 35.2 Å². The van der Waals surface area contributed by atoms with Gasteiger partial charge in [0.05, 0.1) is 11.7 Å². The van der Waals surface area contributed by atoms with E-state index in [1.54, 1.807) is 18.3 Å². The second-order valence-electron chi connectivity index (χ2n) is 5.79.